The van der Waals surface area contributed by atoms with Gasteiger partial charge in [-0.15, -0.1) is 0 Å². The summed E-state index contributed by atoms with van der Waals surface area (Å²) in [4.78, 5) is 34.2. The van der Waals surface area contributed by atoms with Crippen molar-refractivity contribution in [2.24, 2.45) is 5.73 Å². The first-order valence-electron chi connectivity index (χ1n) is 10.5. The number of ether oxygens (including phenoxy) is 1. The zero-order valence-electron chi connectivity index (χ0n) is 17.6. The number of hydrogen-bond donors (Lipinski definition) is 1. The lowest BCUT2D eigenvalue weighted by atomic mass is 9.69. The molecule has 1 unspecified atom stereocenters. The first kappa shape index (κ1) is 20.8. The zero-order valence-corrected chi connectivity index (χ0v) is 19.2. The van der Waals surface area contributed by atoms with Gasteiger partial charge in [0.2, 0.25) is 17.7 Å². The number of thioether (sulfide) groups is 1. The summed E-state index contributed by atoms with van der Waals surface area (Å²) in [6.07, 6.45) is 0. The highest BCUT2D eigenvalue weighted by molar-refractivity contribution is 7.99. The average molecular weight is 490 g/mol. The molecule has 34 heavy (non-hydrogen) atoms. The van der Waals surface area contributed by atoms with Crippen LogP contribution in [-0.2, 0) is 23.3 Å². The first-order chi connectivity index (χ1) is 16.5. The Hall–Kier alpha value is -3.74. The van der Waals surface area contributed by atoms with Crippen molar-refractivity contribution in [3.8, 4) is 11.9 Å². The largest absolute Gasteiger partial charge is 0.421 e. The molecule has 0 saturated heterocycles. The van der Waals surface area contributed by atoms with Crippen LogP contribution in [0.15, 0.2) is 69.9 Å². The van der Waals surface area contributed by atoms with Crippen LogP contribution < -0.4 is 20.9 Å². The number of anilines is 1. The van der Waals surface area contributed by atoms with E-state index in [0.717, 1.165) is 5.56 Å². The van der Waals surface area contributed by atoms with Gasteiger partial charge in [0, 0.05) is 28.6 Å². The summed E-state index contributed by atoms with van der Waals surface area (Å²) >= 11 is 7.46. The number of nitrogens with two attached hydrogens (primary N) is 1. The lowest BCUT2D eigenvalue weighted by Crippen LogP contribution is -2.50. The summed E-state index contributed by atoms with van der Waals surface area (Å²) in [5.41, 5.74) is 5.89. The molecule has 1 spiro atoms. The van der Waals surface area contributed by atoms with Crippen LogP contribution in [0.5, 0.6) is 5.88 Å². The van der Waals surface area contributed by atoms with Crippen molar-refractivity contribution in [2.75, 3.05) is 10.7 Å². The SMILES string of the molecule is N#CC1=C(N)Oc2nc3n(c(=O)c2C12C(=O)N(Cc1ccc(Cl)cc1)c1ccccc12)CCS3. The summed E-state index contributed by atoms with van der Waals surface area (Å²) < 4.78 is 7.20. The molecule has 1 amide bonds. The molecule has 3 aliphatic rings. The van der Waals surface area contributed by atoms with E-state index in [9.17, 15) is 14.9 Å². The number of carbonyl (C=O) groups is 1. The average Bonchev–Trinajstić information content (AvgIpc) is 3.39. The molecule has 8 nitrogen and oxygen atoms in total. The van der Waals surface area contributed by atoms with E-state index >= 15 is 0 Å². The van der Waals surface area contributed by atoms with Gasteiger partial charge in [0.1, 0.15) is 17.2 Å². The molecule has 2 aromatic carbocycles. The third-order valence-corrected chi connectivity index (χ3v) is 7.59. The highest BCUT2D eigenvalue weighted by Crippen LogP contribution is 2.54. The Bertz CT molecular complexity index is 1530. The number of hydrogen-bond acceptors (Lipinski definition) is 7. The number of aromatic nitrogens is 2. The molecule has 2 N–H and O–H groups in total. The molecule has 1 aromatic heterocycles. The molecule has 0 bridgehead atoms. The van der Waals surface area contributed by atoms with E-state index in [1.54, 1.807) is 35.2 Å². The predicted octanol–water partition coefficient (Wildman–Crippen LogP) is 2.92. The molecule has 0 saturated carbocycles. The quantitative estimate of drug-likeness (QED) is 0.550. The Balaban J connectivity index is 1.65. The van der Waals surface area contributed by atoms with Crippen molar-refractivity contribution >= 4 is 35.0 Å². The number of nitrogens with zero attached hydrogens (tertiary/aromatic N) is 4. The van der Waals surface area contributed by atoms with E-state index in [1.165, 1.54) is 16.3 Å². The Labute approximate surface area is 203 Å². The number of para-hydroxylation sites is 1. The maximum Gasteiger partial charge on any atom is 0.263 e. The number of fused-ring (bicyclic) bond motifs is 5. The number of amides is 1. The summed E-state index contributed by atoms with van der Waals surface area (Å²) in [6.45, 7) is 0.680. The number of carbonyl (C=O) groups excluding carboxylic acids is 1. The monoisotopic (exact) mass is 489 g/mol. The van der Waals surface area contributed by atoms with Gasteiger partial charge in [0.05, 0.1) is 6.54 Å². The maximum atomic E-state index is 14.4. The fourth-order valence-electron chi connectivity index (χ4n) is 4.92. The molecule has 0 radical (unpaired) electrons. The third-order valence-electron chi connectivity index (χ3n) is 6.38. The van der Waals surface area contributed by atoms with E-state index < -0.39 is 16.9 Å². The normalized spacial score (nSPS) is 20.1. The predicted molar refractivity (Wildman–Crippen MR) is 127 cm³/mol. The lowest BCUT2D eigenvalue weighted by molar-refractivity contribution is -0.121. The van der Waals surface area contributed by atoms with Crippen molar-refractivity contribution in [3.05, 3.63) is 92.1 Å². The second-order valence-corrected chi connectivity index (χ2v) is 9.62. The standard InChI is InChI=1S/C24H16ClN5O3S/c25-14-7-5-13(6-8-14)12-30-17-4-2-1-3-15(17)24(22(30)32)16(11-26)19(27)33-20-18(24)21(31)29-9-10-34-23(29)28-20/h1-8H,9-10,12,27H2. The molecule has 3 aliphatic heterocycles. The van der Waals surface area contributed by atoms with Gasteiger partial charge in [0.25, 0.3) is 5.56 Å². The summed E-state index contributed by atoms with van der Waals surface area (Å²) in [7, 11) is 0. The molecule has 6 rings (SSSR count). The van der Waals surface area contributed by atoms with Gasteiger partial charge in [-0.3, -0.25) is 14.2 Å². The van der Waals surface area contributed by atoms with Gasteiger partial charge in [-0.2, -0.15) is 10.2 Å². The van der Waals surface area contributed by atoms with Crippen LogP contribution in [0.2, 0.25) is 5.02 Å². The van der Waals surface area contributed by atoms with Crippen molar-refractivity contribution in [3.63, 3.8) is 0 Å². The zero-order chi connectivity index (χ0) is 23.6. The van der Waals surface area contributed by atoms with E-state index in [2.05, 4.69) is 11.1 Å². The van der Waals surface area contributed by atoms with Gasteiger partial charge in [-0.25, -0.2) is 0 Å². The highest BCUT2D eigenvalue weighted by Gasteiger charge is 2.61. The van der Waals surface area contributed by atoms with Gasteiger partial charge in [0.15, 0.2) is 10.6 Å². The van der Waals surface area contributed by atoms with Gasteiger partial charge in [-0.1, -0.05) is 53.7 Å². The topological polar surface area (TPSA) is 114 Å². The van der Waals surface area contributed by atoms with Crippen molar-refractivity contribution in [1.29, 1.82) is 5.26 Å². The van der Waals surface area contributed by atoms with Crippen molar-refractivity contribution in [1.82, 2.24) is 9.55 Å². The Morgan fingerprint density at radius 2 is 1.97 bits per heavy atom. The molecule has 10 heteroatoms. The van der Waals surface area contributed by atoms with Gasteiger partial charge in [-0.05, 0) is 23.8 Å². The van der Waals surface area contributed by atoms with Crippen LogP contribution in [0.25, 0.3) is 0 Å². The minimum Gasteiger partial charge on any atom is -0.421 e. The molecule has 168 valence electrons. The minimum absolute atomic E-state index is 0.0283. The number of nitriles is 1. The van der Waals surface area contributed by atoms with Crippen LogP contribution in [0.1, 0.15) is 16.7 Å². The first-order valence-corrected chi connectivity index (χ1v) is 11.9. The number of halogens is 1. The Kier molecular flexibility index (Phi) is 4.52. The van der Waals surface area contributed by atoms with Crippen LogP contribution in [0.4, 0.5) is 5.69 Å². The highest BCUT2D eigenvalue weighted by atomic mass is 35.5. The van der Waals surface area contributed by atoms with Crippen LogP contribution in [-0.4, -0.2) is 21.2 Å². The molecule has 3 aromatic rings. The fraction of sp³-hybridized carbons (Fsp3) is 0.167. The van der Waals surface area contributed by atoms with Crippen LogP contribution in [0, 0.1) is 11.3 Å². The summed E-state index contributed by atoms with van der Waals surface area (Å²) in [5.74, 6) is -0.0258. The second-order valence-electron chi connectivity index (χ2n) is 8.12. The van der Waals surface area contributed by atoms with Crippen molar-refractivity contribution < 1.29 is 9.53 Å². The van der Waals surface area contributed by atoms with E-state index in [4.69, 9.17) is 22.1 Å². The van der Waals surface area contributed by atoms with Crippen LogP contribution >= 0.6 is 23.4 Å². The second kappa shape index (κ2) is 7.38. The van der Waals surface area contributed by atoms with Gasteiger partial charge >= 0.3 is 0 Å². The summed E-state index contributed by atoms with van der Waals surface area (Å²) in [5, 5.41) is 11.2. The van der Waals surface area contributed by atoms with E-state index in [-0.39, 0.29) is 29.4 Å². The summed E-state index contributed by atoms with van der Waals surface area (Å²) in [6, 6.07) is 16.4. The van der Waals surface area contributed by atoms with Gasteiger partial charge < -0.3 is 15.4 Å². The molecular formula is C24H16ClN5O3S. The Morgan fingerprint density at radius 1 is 1.21 bits per heavy atom. The third kappa shape index (κ3) is 2.64. The lowest BCUT2D eigenvalue weighted by Gasteiger charge is -2.33. The number of rotatable bonds is 2. The molecular weight excluding hydrogens is 474 g/mol. The maximum absolute atomic E-state index is 14.4. The molecule has 0 fully saturated rings. The van der Waals surface area contributed by atoms with Crippen molar-refractivity contribution in [2.45, 2.75) is 23.7 Å². The molecule has 1 atom stereocenters. The number of benzene rings is 2. The smallest absolute Gasteiger partial charge is 0.263 e. The molecule has 4 heterocycles. The Morgan fingerprint density at radius 3 is 2.74 bits per heavy atom. The fourth-order valence-corrected chi connectivity index (χ4v) is 5.98. The van der Waals surface area contributed by atoms with E-state index in [1.807, 2.05) is 18.2 Å². The minimum atomic E-state index is -1.74. The molecule has 0 aliphatic carbocycles. The van der Waals surface area contributed by atoms with Crippen LogP contribution in [0.3, 0.4) is 0 Å². The van der Waals surface area contributed by atoms with E-state index in [0.29, 0.717) is 33.7 Å².